The smallest absolute Gasteiger partial charge is 0.261 e. The fraction of sp³-hybridized carbons (Fsp3) is 0.136. The van der Waals surface area contributed by atoms with Crippen LogP contribution in [0, 0.1) is 24.3 Å². The van der Waals surface area contributed by atoms with Crippen LogP contribution in [0.5, 0.6) is 0 Å². The summed E-state index contributed by atoms with van der Waals surface area (Å²) in [7, 11) is -3.75. The summed E-state index contributed by atoms with van der Waals surface area (Å²) in [5.74, 6) is -0.289. The first-order valence-electron chi connectivity index (χ1n) is 8.94. The van der Waals surface area contributed by atoms with Gasteiger partial charge in [-0.3, -0.25) is 9.52 Å². The lowest BCUT2D eigenvalue weighted by molar-refractivity contribution is 0.102. The van der Waals surface area contributed by atoms with E-state index in [4.69, 9.17) is 0 Å². The molecule has 3 aromatic carbocycles. The van der Waals surface area contributed by atoms with E-state index in [1.165, 1.54) is 0 Å². The molecular weight excluding hydrogens is 499 g/mol. The van der Waals surface area contributed by atoms with Crippen LogP contribution in [0.15, 0.2) is 65.6 Å². The Hall–Kier alpha value is -2.39. The van der Waals surface area contributed by atoms with Gasteiger partial charge in [0.1, 0.15) is 0 Å². The van der Waals surface area contributed by atoms with Crippen molar-refractivity contribution in [1.82, 2.24) is 0 Å². The van der Waals surface area contributed by atoms with Gasteiger partial charge in [-0.2, -0.15) is 0 Å². The van der Waals surface area contributed by atoms with E-state index in [0.29, 0.717) is 16.8 Å². The summed E-state index contributed by atoms with van der Waals surface area (Å²) in [6.45, 7) is 5.55. The normalized spacial score (nSPS) is 11.2. The molecule has 1 amide bonds. The molecule has 0 aliphatic rings. The molecule has 150 valence electrons. The Balaban J connectivity index is 1.87. The zero-order valence-electron chi connectivity index (χ0n) is 16.3. The van der Waals surface area contributed by atoms with Gasteiger partial charge >= 0.3 is 0 Å². The number of hydrogen-bond donors (Lipinski definition) is 2. The third-order valence-electron chi connectivity index (χ3n) is 4.59. The van der Waals surface area contributed by atoms with Gasteiger partial charge in [0.15, 0.2) is 0 Å². The fourth-order valence-electron chi connectivity index (χ4n) is 2.87. The van der Waals surface area contributed by atoms with E-state index < -0.39 is 10.0 Å². The molecule has 29 heavy (non-hydrogen) atoms. The van der Waals surface area contributed by atoms with Gasteiger partial charge in [0.05, 0.1) is 10.6 Å². The molecular formula is C22H21IN2O3S. The molecule has 5 nitrogen and oxygen atoms in total. The van der Waals surface area contributed by atoms with Crippen LogP contribution in [0.4, 0.5) is 11.4 Å². The van der Waals surface area contributed by atoms with Crippen LogP contribution in [0.1, 0.15) is 27.0 Å². The zero-order valence-corrected chi connectivity index (χ0v) is 19.3. The van der Waals surface area contributed by atoms with Crippen molar-refractivity contribution in [3.63, 3.8) is 0 Å². The van der Waals surface area contributed by atoms with Gasteiger partial charge in [-0.25, -0.2) is 8.42 Å². The molecule has 0 bridgehead atoms. The second-order valence-corrected chi connectivity index (χ2v) is 9.74. The summed E-state index contributed by atoms with van der Waals surface area (Å²) in [6.07, 6.45) is 0. The quantitative estimate of drug-likeness (QED) is 0.451. The van der Waals surface area contributed by atoms with E-state index in [1.807, 2.05) is 32.0 Å². The summed E-state index contributed by atoms with van der Waals surface area (Å²) >= 11 is 2.22. The number of carbonyl (C=O) groups excluding carboxylic acids is 1. The number of anilines is 2. The highest BCUT2D eigenvalue weighted by Crippen LogP contribution is 2.25. The van der Waals surface area contributed by atoms with Crippen molar-refractivity contribution in [2.75, 3.05) is 10.0 Å². The van der Waals surface area contributed by atoms with Crippen LogP contribution in [0.25, 0.3) is 0 Å². The van der Waals surface area contributed by atoms with E-state index in [9.17, 15) is 13.2 Å². The minimum absolute atomic E-state index is 0.173. The molecule has 0 fully saturated rings. The number of halogens is 1. The standard InChI is InChI=1S/C22H21IN2O3S/c1-14-7-10-18(11-8-14)29(27,28)25-21-6-4-5-19(16(21)3)22(26)24-20-12-9-17(23)13-15(20)2/h4-13,25H,1-3H3,(H,24,26). The van der Waals surface area contributed by atoms with Gasteiger partial charge in [-0.1, -0.05) is 23.8 Å². The van der Waals surface area contributed by atoms with Gasteiger partial charge < -0.3 is 5.32 Å². The van der Waals surface area contributed by atoms with Crippen LogP contribution in [0.2, 0.25) is 0 Å². The van der Waals surface area contributed by atoms with Crippen LogP contribution in [0.3, 0.4) is 0 Å². The van der Waals surface area contributed by atoms with Gasteiger partial charge in [-0.05, 0) is 97.0 Å². The van der Waals surface area contributed by atoms with E-state index >= 15 is 0 Å². The predicted molar refractivity (Wildman–Crippen MR) is 125 cm³/mol. The summed E-state index contributed by atoms with van der Waals surface area (Å²) in [5.41, 5.74) is 4.00. The van der Waals surface area contributed by atoms with Crippen LogP contribution < -0.4 is 10.0 Å². The van der Waals surface area contributed by atoms with Crippen molar-refractivity contribution >= 4 is 49.9 Å². The van der Waals surface area contributed by atoms with Crippen molar-refractivity contribution in [3.05, 3.63) is 86.5 Å². The first-order valence-corrected chi connectivity index (χ1v) is 11.5. The largest absolute Gasteiger partial charge is 0.322 e. The van der Waals surface area contributed by atoms with Crippen LogP contribution in [-0.2, 0) is 10.0 Å². The molecule has 0 saturated heterocycles. The van der Waals surface area contributed by atoms with E-state index in [2.05, 4.69) is 32.6 Å². The third kappa shape index (κ3) is 4.97. The Kier molecular flexibility index (Phi) is 6.28. The molecule has 0 atom stereocenters. The van der Waals surface area contributed by atoms with Crippen molar-refractivity contribution in [2.45, 2.75) is 25.7 Å². The maximum absolute atomic E-state index is 12.8. The average molecular weight is 520 g/mol. The topological polar surface area (TPSA) is 75.3 Å². The molecule has 0 saturated carbocycles. The SMILES string of the molecule is Cc1ccc(S(=O)(=O)Nc2cccc(C(=O)Nc3ccc(I)cc3C)c2C)cc1. The number of amides is 1. The monoisotopic (exact) mass is 520 g/mol. The lowest BCUT2D eigenvalue weighted by Crippen LogP contribution is -2.17. The van der Waals surface area contributed by atoms with Gasteiger partial charge in [0, 0.05) is 14.8 Å². The number of nitrogens with one attached hydrogen (secondary N) is 2. The molecule has 0 aliphatic carbocycles. The molecule has 0 aliphatic heterocycles. The van der Waals surface area contributed by atoms with Gasteiger partial charge in [0.25, 0.3) is 15.9 Å². The Morgan fingerprint density at radius 3 is 2.24 bits per heavy atom. The minimum Gasteiger partial charge on any atom is -0.322 e. The second-order valence-electron chi connectivity index (χ2n) is 6.81. The summed E-state index contributed by atoms with van der Waals surface area (Å²) in [4.78, 5) is 13.0. The highest BCUT2D eigenvalue weighted by atomic mass is 127. The van der Waals surface area contributed by atoms with Crippen LogP contribution >= 0.6 is 22.6 Å². The number of aryl methyl sites for hydroxylation is 2. The van der Waals surface area contributed by atoms with E-state index in [1.54, 1.807) is 49.4 Å². The lowest BCUT2D eigenvalue weighted by Gasteiger charge is -2.15. The van der Waals surface area contributed by atoms with Crippen molar-refractivity contribution < 1.29 is 13.2 Å². The second kappa shape index (κ2) is 8.54. The first-order chi connectivity index (χ1) is 13.7. The summed E-state index contributed by atoms with van der Waals surface area (Å²) < 4.78 is 29.1. The van der Waals surface area contributed by atoms with Crippen LogP contribution in [-0.4, -0.2) is 14.3 Å². The van der Waals surface area contributed by atoms with Crippen molar-refractivity contribution in [3.8, 4) is 0 Å². The van der Waals surface area contributed by atoms with Crippen molar-refractivity contribution in [2.24, 2.45) is 0 Å². The molecule has 2 N–H and O–H groups in total. The summed E-state index contributed by atoms with van der Waals surface area (Å²) in [6, 6.07) is 17.3. The maximum Gasteiger partial charge on any atom is 0.261 e. The minimum atomic E-state index is -3.75. The molecule has 0 unspecified atom stereocenters. The zero-order chi connectivity index (χ0) is 21.2. The fourth-order valence-corrected chi connectivity index (χ4v) is 4.64. The molecule has 0 heterocycles. The highest BCUT2D eigenvalue weighted by molar-refractivity contribution is 14.1. The number of hydrogen-bond acceptors (Lipinski definition) is 3. The lowest BCUT2D eigenvalue weighted by atomic mass is 10.1. The first kappa shape index (κ1) is 21.3. The molecule has 3 rings (SSSR count). The number of benzene rings is 3. The molecule has 3 aromatic rings. The van der Waals surface area contributed by atoms with E-state index in [-0.39, 0.29) is 10.8 Å². The Morgan fingerprint density at radius 1 is 0.897 bits per heavy atom. The Bertz CT molecular complexity index is 1170. The Labute approximate surface area is 184 Å². The highest BCUT2D eigenvalue weighted by Gasteiger charge is 2.18. The van der Waals surface area contributed by atoms with Gasteiger partial charge in [0.2, 0.25) is 0 Å². The van der Waals surface area contributed by atoms with Crippen molar-refractivity contribution in [1.29, 1.82) is 0 Å². The van der Waals surface area contributed by atoms with Gasteiger partial charge in [-0.15, -0.1) is 0 Å². The molecule has 0 spiro atoms. The average Bonchev–Trinajstić information content (AvgIpc) is 2.66. The number of sulfonamides is 1. The Morgan fingerprint density at radius 2 is 1.59 bits per heavy atom. The molecule has 7 heteroatoms. The van der Waals surface area contributed by atoms with E-state index in [0.717, 1.165) is 20.4 Å². The number of carbonyl (C=O) groups is 1. The maximum atomic E-state index is 12.8. The molecule has 0 radical (unpaired) electrons. The predicted octanol–water partition coefficient (Wildman–Crippen LogP) is 5.27. The third-order valence-corrected chi connectivity index (χ3v) is 6.64. The number of rotatable bonds is 5. The molecule has 0 aromatic heterocycles. The summed E-state index contributed by atoms with van der Waals surface area (Å²) in [5, 5.41) is 2.90.